The van der Waals surface area contributed by atoms with Crippen molar-refractivity contribution in [3.63, 3.8) is 0 Å². The van der Waals surface area contributed by atoms with E-state index in [2.05, 4.69) is 39.1 Å². The Balaban J connectivity index is 0.00000392. The Morgan fingerprint density at radius 2 is 2.00 bits per heavy atom. The van der Waals surface area contributed by atoms with E-state index in [1.54, 1.807) is 17.5 Å². The average molecular weight is 546 g/mol. The number of ether oxygens (including phenoxy) is 1. The number of rotatable bonds is 9. The highest BCUT2D eigenvalue weighted by Crippen LogP contribution is 2.16. The molecule has 8 nitrogen and oxygen atoms in total. The second-order valence-electron chi connectivity index (χ2n) is 6.86. The van der Waals surface area contributed by atoms with E-state index in [0.717, 1.165) is 32.8 Å². The molecule has 1 saturated heterocycles. The number of guanidine groups is 1. The van der Waals surface area contributed by atoms with E-state index in [1.165, 1.54) is 11.3 Å². The Labute approximate surface area is 189 Å². The molecule has 0 amide bonds. The van der Waals surface area contributed by atoms with Gasteiger partial charge in [-0.2, -0.15) is 0 Å². The summed E-state index contributed by atoms with van der Waals surface area (Å²) in [5, 5.41) is 8.14. The zero-order chi connectivity index (χ0) is 19.8. The topological polar surface area (TPSA) is 95.1 Å². The molecule has 0 atom stereocenters. The molecule has 28 heavy (non-hydrogen) atoms. The van der Waals surface area contributed by atoms with Gasteiger partial charge in [-0.15, -0.1) is 35.3 Å². The van der Waals surface area contributed by atoms with Crippen LogP contribution in [0.5, 0.6) is 0 Å². The number of hydrogen-bond acceptors (Lipinski definition) is 6. The first-order chi connectivity index (χ1) is 12.8. The minimum atomic E-state index is -3.43. The SMILES string of the molecule is CCNC(=NCC(C)(C)N1CCOCC1)NCCNS(=O)(=O)c1cccs1.I. The van der Waals surface area contributed by atoms with Crippen molar-refractivity contribution in [2.75, 3.05) is 52.5 Å². The zero-order valence-corrected chi connectivity index (χ0v) is 20.7. The van der Waals surface area contributed by atoms with Crippen LogP contribution in [-0.2, 0) is 14.8 Å². The van der Waals surface area contributed by atoms with Gasteiger partial charge in [0.15, 0.2) is 5.96 Å². The maximum absolute atomic E-state index is 12.1. The Morgan fingerprint density at radius 3 is 2.61 bits per heavy atom. The molecule has 0 bridgehead atoms. The molecule has 0 aromatic carbocycles. The molecule has 3 N–H and O–H groups in total. The van der Waals surface area contributed by atoms with E-state index >= 15 is 0 Å². The van der Waals surface area contributed by atoms with Gasteiger partial charge < -0.3 is 15.4 Å². The van der Waals surface area contributed by atoms with E-state index in [9.17, 15) is 8.42 Å². The average Bonchev–Trinajstić information content (AvgIpc) is 3.20. The van der Waals surface area contributed by atoms with Gasteiger partial charge in [-0.25, -0.2) is 13.1 Å². The third-order valence-electron chi connectivity index (χ3n) is 4.30. The molecule has 162 valence electrons. The normalized spacial score (nSPS) is 16.5. The van der Waals surface area contributed by atoms with Gasteiger partial charge in [0.25, 0.3) is 0 Å². The first kappa shape index (κ1) is 25.6. The summed E-state index contributed by atoms with van der Waals surface area (Å²) in [5.74, 6) is 0.689. The van der Waals surface area contributed by atoms with Gasteiger partial charge in [0, 0.05) is 38.3 Å². The monoisotopic (exact) mass is 545 g/mol. The van der Waals surface area contributed by atoms with E-state index in [1.807, 2.05) is 6.92 Å². The molecule has 11 heteroatoms. The van der Waals surface area contributed by atoms with Crippen LogP contribution in [0.3, 0.4) is 0 Å². The van der Waals surface area contributed by atoms with Crippen molar-refractivity contribution in [2.24, 2.45) is 4.99 Å². The molecule has 0 unspecified atom stereocenters. The molecule has 0 radical (unpaired) electrons. The van der Waals surface area contributed by atoms with Crippen LogP contribution in [-0.4, -0.2) is 77.3 Å². The van der Waals surface area contributed by atoms with Crippen molar-refractivity contribution in [3.05, 3.63) is 17.5 Å². The van der Waals surface area contributed by atoms with Crippen molar-refractivity contribution in [1.29, 1.82) is 0 Å². The second kappa shape index (κ2) is 12.3. The van der Waals surface area contributed by atoms with Crippen LogP contribution in [0.1, 0.15) is 20.8 Å². The third kappa shape index (κ3) is 8.11. The van der Waals surface area contributed by atoms with Crippen molar-refractivity contribution >= 4 is 51.3 Å². The van der Waals surface area contributed by atoms with Crippen LogP contribution in [0, 0.1) is 0 Å². The summed E-state index contributed by atoms with van der Waals surface area (Å²) in [6, 6.07) is 3.32. The van der Waals surface area contributed by atoms with Gasteiger partial charge >= 0.3 is 0 Å². The van der Waals surface area contributed by atoms with Gasteiger partial charge in [-0.3, -0.25) is 9.89 Å². The molecule has 0 saturated carbocycles. The molecule has 0 aliphatic carbocycles. The quantitative estimate of drug-likeness (QED) is 0.188. The summed E-state index contributed by atoms with van der Waals surface area (Å²) in [5.41, 5.74) is -0.0626. The van der Waals surface area contributed by atoms with E-state index in [4.69, 9.17) is 4.74 Å². The standard InChI is InChI=1S/C17H31N5O3S2.HI/c1-4-18-16(20-14-17(2,3)22-9-11-25-12-10-22)19-7-8-21-27(23,24)15-6-5-13-26-15;/h5-6,13,21H,4,7-12,14H2,1-3H3,(H2,18,19,20);1H. The first-order valence-electron chi connectivity index (χ1n) is 9.23. The predicted octanol–water partition coefficient (Wildman–Crippen LogP) is 1.31. The van der Waals surface area contributed by atoms with Crippen LogP contribution < -0.4 is 15.4 Å². The minimum absolute atomic E-state index is 0. The third-order valence-corrected chi connectivity index (χ3v) is 7.16. The first-order valence-corrected chi connectivity index (χ1v) is 11.6. The van der Waals surface area contributed by atoms with E-state index in [-0.39, 0.29) is 36.1 Å². The Morgan fingerprint density at radius 1 is 1.29 bits per heavy atom. The van der Waals surface area contributed by atoms with Crippen LogP contribution in [0.4, 0.5) is 0 Å². The fourth-order valence-corrected chi connectivity index (χ4v) is 4.81. The van der Waals surface area contributed by atoms with Gasteiger partial charge in [-0.05, 0) is 32.2 Å². The fourth-order valence-electron chi connectivity index (χ4n) is 2.74. The number of aliphatic imine (C=N–C) groups is 1. The zero-order valence-electron chi connectivity index (χ0n) is 16.7. The van der Waals surface area contributed by atoms with Gasteiger partial charge in [0.05, 0.1) is 19.8 Å². The summed E-state index contributed by atoms with van der Waals surface area (Å²) < 4.78 is 32.6. The second-order valence-corrected chi connectivity index (χ2v) is 9.81. The maximum atomic E-state index is 12.1. The summed E-state index contributed by atoms with van der Waals surface area (Å²) in [6.45, 7) is 11.8. The van der Waals surface area contributed by atoms with Crippen LogP contribution in [0.2, 0.25) is 0 Å². The lowest BCUT2D eigenvalue weighted by atomic mass is 10.0. The Kier molecular flexibility index (Phi) is 11.2. The molecule has 1 fully saturated rings. The number of sulfonamides is 1. The van der Waals surface area contributed by atoms with E-state index < -0.39 is 10.0 Å². The minimum Gasteiger partial charge on any atom is -0.379 e. The summed E-state index contributed by atoms with van der Waals surface area (Å²) in [6.07, 6.45) is 0. The summed E-state index contributed by atoms with van der Waals surface area (Å²) >= 11 is 1.21. The lowest BCUT2D eigenvalue weighted by molar-refractivity contribution is -0.00683. The van der Waals surface area contributed by atoms with Crippen molar-refractivity contribution in [1.82, 2.24) is 20.3 Å². The molecule has 2 heterocycles. The number of nitrogens with one attached hydrogen (secondary N) is 3. The highest BCUT2D eigenvalue weighted by molar-refractivity contribution is 14.0. The number of hydrogen-bond donors (Lipinski definition) is 3. The highest BCUT2D eigenvalue weighted by atomic mass is 127. The van der Waals surface area contributed by atoms with Gasteiger partial charge in [0.2, 0.25) is 10.0 Å². The van der Waals surface area contributed by atoms with Gasteiger partial charge in [0.1, 0.15) is 4.21 Å². The molecule has 1 aromatic rings. The molecule has 1 aromatic heterocycles. The molecule has 1 aliphatic rings. The molecule has 1 aliphatic heterocycles. The smallest absolute Gasteiger partial charge is 0.250 e. The number of halogens is 1. The fraction of sp³-hybridized carbons (Fsp3) is 0.706. The maximum Gasteiger partial charge on any atom is 0.250 e. The van der Waals surface area contributed by atoms with Crippen LogP contribution in [0.25, 0.3) is 0 Å². The lowest BCUT2D eigenvalue weighted by Gasteiger charge is -2.39. The number of thiophene rings is 1. The van der Waals surface area contributed by atoms with Crippen LogP contribution in [0.15, 0.2) is 26.7 Å². The van der Waals surface area contributed by atoms with Crippen molar-refractivity contribution in [3.8, 4) is 0 Å². The van der Waals surface area contributed by atoms with Crippen LogP contribution >= 0.6 is 35.3 Å². The Hall–Kier alpha value is -0.470. The van der Waals surface area contributed by atoms with Gasteiger partial charge in [-0.1, -0.05) is 6.07 Å². The summed E-state index contributed by atoms with van der Waals surface area (Å²) in [4.78, 5) is 7.07. The van der Waals surface area contributed by atoms with Crippen molar-refractivity contribution in [2.45, 2.75) is 30.5 Å². The molecular formula is C17H32IN5O3S2. The predicted molar refractivity (Wildman–Crippen MR) is 125 cm³/mol. The van der Waals surface area contributed by atoms with E-state index in [0.29, 0.717) is 23.3 Å². The van der Waals surface area contributed by atoms with Crippen molar-refractivity contribution < 1.29 is 13.2 Å². The molecule has 2 rings (SSSR count). The lowest BCUT2D eigenvalue weighted by Crippen LogP contribution is -2.52. The Bertz CT molecular complexity index is 690. The summed E-state index contributed by atoms with van der Waals surface area (Å²) in [7, 11) is -3.43. The number of morpholine rings is 1. The largest absolute Gasteiger partial charge is 0.379 e. The number of nitrogens with zero attached hydrogens (tertiary/aromatic N) is 2. The molecule has 0 spiro atoms. The molecular weight excluding hydrogens is 513 g/mol. The highest BCUT2D eigenvalue weighted by Gasteiger charge is 2.28.